The molecule has 0 aromatic carbocycles. The van der Waals surface area contributed by atoms with Crippen LogP contribution in [0.1, 0.15) is 290 Å². The average molecular weight is 886 g/mol. The van der Waals surface area contributed by atoms with E-state index < -0.39 is 12.1 Å². The van der Waals surface area contributed by atoms with Crippen LogP contribution >= 0.6 is 0 Å². The van der Waals surface area contributed by atoms with E-state index in [0.717, 1.165) is 83.5 Å². The molecule has 3 N–H and O–H groups in total. The zero-order chi connectivity index (χ0) is 45.8. The monoisotopic (exact) mass is 886 g/mol. The average Bonchev–Trinajstić information content (AvgIpc) is 3.28. The molecule has 0 rings (SSSR count). The fourth-order valence-corrected chi connectivity index (χ4v) is 8.37. The number of aliphatic hydroxyl groups excluding tert-OH is 2. The Hall–Kier alpha value is -1.92. The molecule has 0 aliphatic carbocycles. The lowest BCUT2D eigenvalue weighted by molar-refractivity contribution is -0.143. The van der Waals surface area contributed by atoms with E-state index in [1.54, 1.807) is 6.08 Å². The third kappa shape index (κ3) is 49.4. The maximum atomic E-state index is 12.4. The molecule has 0 aliphatic rings. The Balaban J connectivity index is 3.52. The van der Waals surface area contributed by atoms with Crippen molar-refractivity contribution in [1.29, 1.82) is 0 Å². The second-order valence-corrected chi connectivity index (χ2v) is 18.9. The second-order valence-electron chi connectivity index (χ2n) is 18.9. The predicted octanol–water partition coefficient (Wildman–Crippen LogP) is 16.9. The van der Waals surface area contributed by atoms with Crippen LogP contribution in [0, 0.1) is 0 Å². The van der Waals surface area contributed by atoms with E-state index in [-0.39, 0.29) is 18.5 Å². The molecule has 0 saturated carbocycles. The summed E-state index contributed by atoms with van der Waals surface area (Å²) in [6.45, 7) is 4.86. The molecule has 1 amide bonds. The van der Waals surface area contributed by atoms with Crippen molar-refractivity contribution in [3.8, 4) is 0 Å². The van der Waals surface area contributed by atoms with Gasteiger partial charge >= 0.3 is 5.97 Å². The van der Waals surface area contributed by atoms with Gasteiger partial charge in [0.2, 0.25) is 5.91 Å². The molecule has 0 aromatic rings. The molecule has 0 heterocycles. The summed E-state index contributed by atoms with van der Waals surface area (Å²) in [5.74, 6) is -0.0980. The Bertz CT molecular complexity index is 1020. The van der Waals surface area contributed by atoms with E-state index in [1.165, 1.54) is 180 Å². The van der Waals surface area contributed by atoms with Gasteiger partial charge in [-0.25, -0.2) is 0 Å². The van der Waals surface area contributed by atoms with Crippen LogP contribution in [0.5, 0.6) is 0 Å². The van der Waals surface area contributed by atoms with Gasteiger partial charge in [-0.05, 0) is 70.6 Å². The molecule has 0 aromatic heterocycles. The number of unbranched alkanes of at least 4 members (excludes halogenated alkanes) is 36. The zero-order valence-corrected chi connectivity index (χ0v) is 42.1. The summed E-state index contributed by atoms with van der Waals surface area (Å²) in [5.41, 5.74) is 0. The van der Waals surface area contributed by atoms with Gasteiger partial charge in [0.05, 0.1) is 25.4 Å². The standard InChI is InChI=1S/C57H107NO5/c1-3-5-7-9-11-13-15-17-22-27-31-35-39-43-47-51-57(62)63-52-48-44-40-36-32-28-24-21-19-20-23-26-30-34-38-42-46-50-56(61)58-54(53-59)55(60)49-45-41-37-33-29-25-18-16-14-12-10-8-6-4-2/h19,21,28,32,45,49,54-55,59-60H,3-18,20,22-27,29-31,33-44,46-48,50-53H2,1-2H3,(H,58,61)/b21-19-,32-28-,49-45+. The molecule has 370 valence electrons. The smallest absolute Gasteiger partial charge is 0.305 e. The second kappa shape index (κ2) is 52.7. The van der Waals surface area contributed by atoms with E-state index in [2.05, 4.69) is 43.5 Å². The van der Waals surface area contributed by atoms with Gasteiger partial charge in [0.25, 0.3) is 0 Å². The lowest BCUT2D eigenvalue weighted by atomic mass is 10.0. The molecule has 2 unspecified atom stereocenters. The summed E-state index contributed by atoms with van der Waals surface area (Å²) in [5, 5.41) is 23.0. The minimum Gasteiger partial charge on any atom is -0.466 e. The van der Waals surface area contributed by atoms with E-state index in [9.17, 15) is 19.8 Å². The Morgan fingerprint density at radius 3 is 1.21 bits per heavy atom. The lowest BCUT2D eigenvalue weighted by Crippen LogP contribution is -2.45. The third-order valence-electron chi connectivity index (χ3n) is 12.7. The van der Waals surface area contributed by atoms with Crippen LogP contribution in [0.25, 0.3) is 0 Å². The molecule has 2 atom stereocenters. The molecule has 0 radical (unpaired) electrons. The highest BCUT2D eigenvalue weighted by molar-refractivity contribution is 5.76. The number of hydrogen-bond donors (Lipinski definition) is 3. The van der Waals surface area contributed by atoms with Gasteiger partial charge in [-0.2, -0.15) is 0 Å². The summed E-state index contributed by atoms with van der Waals surface area (Å²) in [7, 11) is 0. The topological polar surface area (TPSA) is 95.9 Å². The Morgan fingerprint density at radius 1 is 0.444 bits per heavy atom. The highest BCUT2D eigenvalue weighted by Crippen LogP contribution is 2.16. The fraction of sp³-hybridized carbons (Fsp3) is 0.860. The summed E-state index contributed by atoms with van der Waals surface area (Å²) in [6, 6.07) is -0.639. The number of esters is 1. The maximum Gasteiger partial charge on any atom is 0.305 e. The number of carbonyl (C=O) groups excluding carboxylic acids is 2. The van der Waals surface area contributed by atoms with Crippen molar-refractivity contribution in [2.75, 3.05) is 13.2 Å². The summed E-state index contributed by atoms with van der Waals surface area (Å²) >= 11 is 0. The van der Waals surface area contributed by atoms with Gasteiger partial charge in [-0.15, -0.1) is 0 Å². The van der Waals surface area contributed by atoms with Gasteiger partial charge in [-0.3, -0.25) is 9.59 Å². The highest BCUT2D eigenvalue weighted by Gasteiger charge is 2.18. The van der Waals surface area contributed by atoms with Gasteiger partial charge in [0.15, 0.2) is 0 Å². The number of ether oxygens (including phenoxy) is 1. The first-order chi connectivity index (χ1) is 31.0. The van der Waals surface area contributed by atoms with Gasteiger partial charge in [0.1, 0.15) is 0 Å². The van der Waals surface area contributed by atoms with E-state index in [0.29, 0.717) is 19.4 Å². The van der Waals surface area contributed by atoms with Crippen LogP contribution in [-0.4, -0.2) is 47.4 Å². The maximum absolute atomic E-state index is 12.4. The van der Waals surface area contributed by atoms with Gasteiger partial charge < -0.3 is 20.3 Å². The molecule has 0 aliphatic heterocycles. The van der Waals surface area contributed by atoms with Crippen molar-refractivity contribution in [3.05, 3.63) is 36.5 Å². The van der Waals surface area contributed by atoms with Crippen molar-refractivity contribution >= 4 is 11.9 Å². The Labute approximate surface area is 392 Å². The van der Waals surface area contributed by atoms with Crippen LogP contribution < -0.4 is 5.32 Å². The number of rotatable bonds is 51. The van der Waals surface area contributed by atoms with Crippen LogP contribution in [0.2, 0.25) is 0 Å². The molecule has 0 fully saturated rings. The van der Waals surface area contributed by atoms with Crippen molar-refractivity contribution in [2.24, 2.45) is 0 Å². The highest BCUT2D eigenvalue weighted by atomic mass is 16.5. The normalized spacial score (nSPS) is 12.9. The Morgan fingerprint density at radius 2 is 0.794 bits per heavy atom. The summed E-state index contributed by atoms with van der Waals surface area (Å²) < 4.78 is 5.45. The minimum atomic E-state index is -0.854. The fourth-order valence-electron chi connectivity index (χ4n) is 8.37. The van der Waals surface area contributed by atoms with Crippen LogP contribution in [0.4, 0.5) is 0 Å². The number of allylic oxidation sites excluding steroid dienone is 5. The van der Waals surface area contributed by atoms with Crippen molar-refractivity contribution < 1.29 is 24.5 Å². The molecule has 0 bridgehead atoms. The first-order valence-corrected chi connectivity index (χ1v) is 27.8. The van der Waals surface area contributed by atoms with E-state index >= 15 is 0 Å². The number of aliphatic hydroxyl groups is 2. The molecule has 6 heteroatoms. The minimum absolute atomic E-state index is 0.0139. The molecule has 0 saturated heterocycles. The van der Waals surface area contributed by atoms with Crippen LogP contribution in [0.15, 0.2) is 36.5 Å². The summed E-state index contributed by atoms with van der Waals surface area (Å²) in [6.07, 6.45) is 64.4. The Kier molecular flexibility index (Phi) is 51.1. The molecule has 6 nitrogen and oxygen atoms in total. The summed E-state index contributed by atoms with van der Waals surface area (Å²) in [4.78, 5) is 24.5. The quantitative estimate of drug-likeness (QED) is 0.0321. The number of nitrogens with one attached hydrogen (secondary N) is 1. The van der Waals surface area contributed by atoms with Crippen molar-refractivity contribution in [3.63, 3.8) is 0 Å². The number of amides is 1. The van der Waals surface area contributed by atoms with Crippen molar-refractivity contribution in [2.45, 2.75) is 302 Å². The molecular weight excluding hydrogens is 779 g/mol. The van der Waals surface area contributed by atoms with Gasteiger partial charge in [-0.1, -0.05) is 243 Å². The first kappa shape index (κ1) is 61.1. The third-order valence-corrected chi connectivity index (χ3v) is 12.7. The van der Waals surface area contributed by atoms with Crippen LogP contribution in [-0.2, 0) is 14.3 Å². The zero-order valence-electron chi connectivity index (χ0n) is 42.1. The SMILES string of the molecule is CCCCCCCCCCCCCC/C=C/C(O)C(CO)NC(=O)CCCCCCCCC/C=C\C/C=C\CCCCCOC(=O)CCCCCCCCCCCCCCCCC. The molecular formula is C57H107NO5. The van der Waals surface area contributed by atoms with E-state index in [4.69, 9.17) is 4.74 Å². The number of carbonyl (C=O) groups is 2. The van der Waals surface area contributed by atoms with Crippen molar-refractivity contribution in [1.82, 2.24) is 5.32 Å². The van der Waals surface area contributed by atoms with E-state index in [1.807, 2.05) is 6.08 Å². The first-order valence-electron chi connectivity index (χ1n) is 27.8. The molecule has 0 spiro atoms. The number of hydrogen-bond acceptors (Lipinski definition) is 5. The lowest BCUT2D eigenvalue weighted by Gasteiger charge is -2.20. The van der Waals surface area contributed by atoms with Crippen LogP contribution in [0.3, 0.4) is 0 Å². The van der Waals surface area contributed by atoms with Gasteiger partial charge in [0, 0.05) is 12.8 Å². The molecule has 63 heavy (non-hydrogen) atoms. The largest absolute Gasteiger partial charge is 0.466 e. The predicted molar refractivity (Wildman–Crippen MR) is 273 cm³/mol.